The first-order valence-corrected chi connectivity index (χ1v) is 10.4. The van der Waals surface area contributed by atoms with Crippen molar-refractivity contribution in [2.24, 2.45) is 0 Å². The number of fused-ring (bicyclic) bond motifs is 1. The third kappa shape index (κ3) is 4.61. The molecule has 33 heavy (non-hydrogen) atoms. The average Bonchev–Trinajstić information content (AvgIpc) is 3.14. The van der Waals surface area contributed by atoms with Gasteiger partial charge in [-0.15, -0.1) is 0 Å². The fraction of sp³-hybridized carbons (Fsp3) is 0.280. The lowest BCUT2D eigenvalue weighted by molar-refractivity contribution is -0.0888. The van der Waals surface area contributed by atoms with E-state index < -0.39 is 28.9 Å². The minimum Gasteiger partial charge on any atom is -0.490 e. The van der Waals surface area contributed by atoms with Crippen LogP contribution in [0.4, 0.5) is 17.6 Å². The maximum atomic E-state index is 13.4. The van der Waals surface area contributed by atoms with E-state index in [9.17, 15) is 22.4 Å². The molecular weight excluding hydrogens is 436 g/mol. The molecule has 4 rings (SSSR count). The van der Waals surface area contributed by atoms with Gasteiger partial charge in [0.1, 0.15) is 23.0 Å². The van der Waals surface area contributed by atoms with E-state index in [1.165, 1.54) is 30.3 Å². The molecule has 2 atom stereocenters. The number of aromatic nitrogens is 1. The summed E-state index contributed by atoms with van der Waals surface area (Å²) in [7, 11) is 0. The smallest absolute Gasteiger partial charge is 0.456 e. The largest absolute Gasteiger partial charge is 0.490 e. The van der Waals surface area contributed by atoms with Crippen molar-refractivity contribution in [1.29, 1.82) is 0 Å². The SMILES string of the molecule is C[C@H](NC[C@@]1(C)COc2c1cc(C(=O)C(F)(F)F)nc2-c1ccc(F)cc1)c1ccccc1. The normalized spacial score (nSPS) is 18.5. The number of halogens is 4. The molecule has 172 valence electrons. The van der Waals surface area contributed by atoms with Crippen molar-refractivity contribution in [2.75, 3.05) is 13.2 Å². The Bertz CT molecular complexity index is 1160. The maximum Gasteiger partial charge on any atom is 0.456 e. The molecule has 0 amide bonds. The molecule has 2 aromatic carbocycles. The number of nitrogens with one attached hydrogen (secondary N) is 1. The summed E-state index contributed by atoms with van der Waals surface area (Å²) >= 11 is 0. The standard InChI is InChI=1S/C25H22F4N2O2/c1-15(16-6-4-3-5-7-16)30-13-24(2)14-33-22-19(24)12-20(23(32)25(27,28)29)31-21(22)17-8-10-18(26)11-9-17/h3-12,15,30H,13-14H2,1-2H3/t15-,24-/m0/s1. The molecule has 1 aromatic heterocycles. The fourth-order valence-electron chi connectivity index (χ4n) is 3.89. The van der Waals surface area contributed by atoms with Gasteiger partial charge in [0, 0.05) is 29.1 Å². The van der Waals surface area contributed by atoms with Crippen molar-refractivity contribution >= 4 is 5.78 Å². The molecule has 0 spiro atoms. The van der Waals surface area contributed by atoms with Crippen LogP contribution in [0.3, 0.4) is 0 Å². The number of alkyl halides is 3. The molecule has 0 fully saturated rings. The lowest BCUT2D eigenvalue weighted by Crippen LogP contribution is -2.38. The topological polar surface area (TPSA) is 51.2 Å². The van der Waals surface area contributed by atoms with E-state index in [0.717, 1.165) is 5.56 Å². The van der Waals surface area contributed by atoms with Crippen LogP contribution in [0.1, 0.15) is 41.5 Å². The van der Waals surface area contributed by atoms with Crippen molar-refractivity contribution < 1.29 is 27.1 Å². The highest BCUT2D eigenvalue weighted by Gasteiger charge is 2.44. The number of ketones is 1. The van der Waals surface area contributed by atoms with E-state index in [1.807, 2.05) is 44.2 Å². The van der Waals surface area contributed by atoms with Gasteiger partial charge in [0.25, 0.3) is 5.78 Å². The number of hydrogen-bond donors (Lipinski definition) is 1. The fourth-order valence-corrected chi connectivity index (χ4v) is 3.89. The monoisotopic (exact) mass is 458 g/mol. The van der Waals surface area contributed by atoms with Crippen molar-refractivity contribution in [3.8, 4) is 17.0 Å². The molecule has 1 N–H and O–H groups in total. The second-order valence-corrected chi connectivity index (χ2v) is 8.43. The Morgan fingerprint density at radius 2 is 1.82 bits per heavy atom. The molecule has 0 bridgehead atoms. The van der Waals surface area contributed by atoms with Crippen LogP contribution >= 0.6 is 0 Å². The molecule has 8 heteroatoms. The second-order valence-electron chi connectivity index (χ2n) is 8.43. The Labute approximate surface area is 188 Å². The predicted octanol–water partition coefficient (Wildman–Crippen LogP) is 5.63. The van der Waals surface area contributed by atoms with Crippen LogP contribution in [0, 0.1) is 5.82 Å². The lowest BCUT2D eigenvalue weighted by Gasteiger charge is -2.26. The molecular formula is C25H22F4N2O2. The van der Waals surface area contributed by atoms with E-state index >= 15 is 0 Å². The summed E-state index contributed by atoms with van der Waals surface area (Å²) in [6, 6.07) is 16.0. The van der Waals surface area contributed by atoms with Crippen molar-refractivity contribution in [3.63, 3.8) is 0 Å². The Hall–Kier alpha value is -3.26. The van der Waals surface area contributed by atoms with Gasteiger partial charge in [-0.05, 0) is 42.8 Å². The van der Waals surface area contributed by atoms with Gasteiger partial charge in [0.2, 0.25) is 0 Å². The second kappa shape index (κ2) is 8.59. The van der Waals surface area contributed by atoms with Crippen LogP contribution in [-0.4, -0.2) is 30.1 Å². The first-order valence-electron chi connectivity index (χ1n) is 10.4. The molecule has 0 saturated carbocycles. The van der Waals surface area contributed by atoms with Gasteiger partial charge in [0.05, 0.1) is 6.61 Å². The number of nitrogens with zero attached hydrogens (tertiary/aromatic N) is 1. The number of carbonyl (C=O) groups is 1. The van der Waals surface area contributed by atoms with E-state index in [2.05, 4.69) is 10.3 Å². The van der Waals surface area contributed by atoms with Gasteiger partial charge in [0.15, 0.2) is 0 Å². The van der Waals surface area contributed by atoms with Gasteiger partial charge >= 0.3 is 6.18 Å². The first kappa shape index (κ1) is 22.9. The summed E-state index contributed by atoms with van der Waals surface area (Å²) in [5.41, 5.74) is 0.538. The number of rotatable bonds is 6. The molecule has 1 aliphatic heterocycles. The summed E-state index contributed by atoms with van der Waals surface area (Å²) < 4.78 is 59.0. The number of ether oxygens (including phenoxy) is 1. The van der Waals surface area contributed by atoms with Gasteiger partial charge in [-0.25, -0.2) is 9.37 Å². The zero-order valence-electron chi connectivity index (χ0n) is 18.0. The lowest BCUT2D eigenvalue weighted by atomic mass is 9.83. The van der Waals surface area contributed by atoms with Crippen molar-refractivity contribution in [3.05, 3.63) is 83.3 Å². The molecule has 0 unspecified atom stereocenters. The van der Waals surface area contributed by atoms with Gasteiger partial charge in [-0.1, -0.05) is 37.3 Å². The van der Waals surface area contributed by atoms with Crippen LogP contribution < -0.4 is 10.1 Å². The number of carbonyl (C=O) groups excluding carboxylic acids is 1. The van der Waals surface area contributed by atoms with Crippen LogP contribution in [0.25, 0.3) is 11.3 Å². The minimum absolute atomic E-state index is 0.0123. The van der Waals surface area contributed by atoms with E-state index in [4.69, 9.17) is 4.74 Å². The first-order chi connectivity index (χ1) is 15.6. The summed E-state index contributed by atoms with van der Waals surface area (Å²) in [6.07, 6.45) is -5.07. The van der Waals surface area contributed by atoms with Crippen molar-refractivity contribution in [2.45, 2.75) is 31.5 Å². The highest BCUT2D eigenvalue weighted by Crippen LogP contribution is 2.45. The number of benzene rings is 2. The molecule has 2 heterocycles. The number of pyridine rings is 1. The minimum atomic E-state index is -5.07. The van der Waals surface area contributed by atoms with Gasteiger partial charge < -0.3 is 10.1 Å². The molecule has 0 saturated heterocycles. The Balaban J connectivity index is 1.74. The summed E-state index contributed by atoms with van der Waals surface area (Å²) in [4.78, 5) is 16.0. The average molecular weight is 458 g/mol. The van der Waals surface area contributed by atoms with E-state index in [0.29, 0.717) is 23.4 Å². The van der Waals surface area contributed by atoms with Crippen LogP contribution in [-0.2, 0) is 5.41 Å². The van der Waals surface area contributed by atoms with Crippen LogP contribution in [0.15, 0.2) is 60.7 Å². The van der Waals surface area contributed by atoms with E-state index in [1.54, 1.807) is 0 Å². The number of Topliss-reactive ketones (excluding diaryl/α,β-unsaturated/α-hetero) is 1. The molecule has 1 aliphatic rings. The van der Waals surface area contributed by atoms with Crippen LogP contribution in [0.5, 0.6) is 5.75 Å². The molecule has 4 nitrogen and oxygen atoms in total. The molecule has 0 aliphatic carbocycles. The maximum absolute atomic E-state index is 13.4. The number of hydrogen-bond acceptors (Lipinski definition) is 4. The highest BCUT2D eigenvalue weighted by molar-refractivity contribution is 5.99. The predicted molar refractivity (Wildman–Crippen MR) is 116 cm³/mol. The third-order valence-electron chi connectivity index (χ3n) is 5.86. The zero-order valence-corrected chi connectivity index (χ0v) is 18.0. The zero-order chi connectivity index (χ0) is 23.8. The van der Waals surface area contributed by atoms with Crippen LogP contribution in [0.2, 0.25) is 0 Å². The van der Waals surface area contributed by atoms with Gasteiger partial charge in [-0.2, -0.15) is 13.2 Å². The molecule has 0 radical (unpaired) electrons. The highest BCUT2D eigenvalue weighted by atomic mass is 19.4. The quantitative estimate of drug-likeness (QED) is 0.384. The summed E-state index contributed by atoms with van der Waals surface area (Å²) in [5, 5.41) is 3.41. The van der Waals surface area contributed by atoms with E-state index in [-0.39, 0.29) is 18.3 Å². The molecule has 3 aromatic rings. The Morgan fingerprint density at radius 1 is 1.15 bits per heavy atom. The summed E-state index contributed by atoms with van der Waals surface area (Å²) in [5.74, 6) is -2.23. The summed E-state index contributed by atoms with van der Waals surface area (Å²) in [6.45, 7) is 4.43. The van der Waals surface area contributed by atoms with Crippen molar-refractivity contribution in [1.82, 2.24) is 10.3 Å². The van der Waals surface area contributed by atoms with Gasteiger partial charge in [-0.3, -0.25) is 4.79 Å². The Kier molecular flexibility index (Phi) is 5.97. The Morgan fingerprint density at radius 3 is 2.45 bits per heavy atom. The third-order valence-corrected chi connectivity index (χ3v) is 5.86.